The quantitative estimate of drug-likeness (QED) is 0.0797. The van der Waals surface area contributed by atoms with Crippen molar-refractivity contribution in [2.75, 3.05) is 19.8 Å². The number of fused-ring (bicyclic) bond motifs is 1. The van der Waals surface area contributed by atoms with Crippen LogP contribution < -0.4 is 31.2 Å². The van der Waals surface area contributed by atoms with Gasteiger partial charge in [-0.25, -0.2) is 26.3 Å². The summed E-state index contributed by atoms with van der Waals surface area (Å²) in [7, 11) is -2.58. The van der Waals surface area contributed by atoms with Crippen LogP contribution >= 0.6 is 0 Å². The average Bonchev–Trinajstić information content (AvgIpc) is 1.62. The number of aliphatic hydroxyl groups excluding tert-OH is 3. The van der Waals surface area contributed by atoms with Gasteiger partial charge in [0.15, 0.2) is 0 Å². The Hall–Kier alpha value is -7.94. The molecule has 0 spiro atoms. The van der Waals surface area contributed by atoms with Gasteiger partial charge in [0.2, 0.25) is 0 Å². The molecule has 11 nitrogen and oxygen atoms in total. The van der Waals surface area contributed by atoms with Crippen LogP contribution in [-0.2, 0) is 27.9 Å². The maximum Gasteiger partial charge on any atom is 0.633 e. The molecule has 92 heavy (non-hydrogen) atoms. The SMILES string of the molecule is CC1(C)OB(c2ccc(-c3cccc(F)c3)cc2F)OC1(C)C.CCC(O)C1OB(c2ccc(-c3cccc(F)c3)cc2F)OC1C(O)CO.Cc1cc(-c2cccc(F)c2)ccc1B1OCCO1.Cc1cc(-c2cccc(F)c2)ccc1B1Oc2ccccc2O1. The fraction of sp³-hybridized carbons (Fsp3) is 0.239. The Morgan fingerprint density at radius 2 is 0.761 bits per heavy atom. The zero-order chi connectivity index (χ0) is 65.4. The molecule has 4 unspecified atom stereocenters. The molecule has 3 fully saturated rings. The summed E-state index contributed by atoms with van der Waals surface area (Å²) in [5.41, 5.74) is 9.52. The number of halogens is 6. The van der Waals surface area contributed by atoms with Crippen LogP contribution in [0.1, 0.15) is 52.2 Å². The van der Waals surface area contributed by atoms with Crippen LogP contribution in [0.5, 0.6) is 11.5 Å². The molecule has 4 heterocycles. The Bertz CT molecular complexity index is 3970. The molecule has 3 N–H and O–H groups in total. The second-order valence-electron chi connectivity index (χ2n) is 23.6. The smallest absolute Gasteiger partial charge is 0.519 e. The minimum absolute atomic E-state index is 0.0936. The molecule has 4 aliphatic heterocycles. The van der Waals surface area contributed by atoms with Gasteiger partial charge in [0, 0.05) is 16.4 Å². The highest BCUT2D eigenvalue weighted by molar-refractivity contribution is 6.64. The number of hydrogen-bond donors (Lipinski definition) is 3. The lowest BCUT2D eigenvalue weighted by Crippen LogP contribution is -2.43. The predicted octanol–water partition coefficient (Wildman–Crippen LogP) is 11.7. The van der Waals surface area contributed by atoms with E-state index in [0.717, 1.165) is 55.8 Å². The summed E-state index contributed by atoms with van der Waals surface area (Å²) in [6.07, 6.45) is -3.75. The van der Waals surface area contributed by atoms with Crippen LogP contribution in [0.25, 0.3) is 44.5 Å². The van der Waals surface area contributed by atoms with Gasteiger partial charge in [-0.05, 0) is 176 Å². The lowest BCUT2D eigenvalue weighted by molar-refractivity contribution is -0.0519. The Morgan fingerprint density at radius 1 is 0.413 bits per heavy atom. The van der Waals surface area contributed by atoms with Gasteiger partial charge < -0.3 is 52.6 Å². The first-order chi connectivity index (χ1) is 44.1. The Morgan fingerprint density at radius 3 is 1.12 bits per heavy atom. The molecule has 9 aromatic rings. The van der Waals surface area contributed by atoms with Crippen molar-refractivity contribution in [3.63, 3.8) is 0 Å². The molecule has 4 aliphatic rings. The fourth-order valence-electron chi connectivity index (χ4n) is 10.8. The summed E-state index contributed by atoms with van der Waals surface area (Å²) in [6.45, 7) is 14.1. The topological polar surface area (TPSA) is 135 Å². The number of para-hydroxylation sites is 2. The van der Waals surface area contributed by atoms with Gasteiger partial charge in [-0.3, -0.25) is 0 Å². The molecule has 0 radical (unpaired) electrons. The highest BCUT2D eigenvalue weighted by Gasteiger charge is 2.53. The van der Waals surface area contributed by atoms with Crippen molar-refractivity contribution in [2.24, 2.45) is 0 Å². The third-order valence-corrected chi connectivity index (χ3v) is 16.6. The molecular weight excluding hydrogens is 1190 g/mol. The number of aryl methyl sites for hydroxylation is 2. The molecular formula is C71H68B4F6O11. The first kappa shape index (κ1) is 67.0. The summed E-state index contributed by atoms with van der Waals surface area (Å²) in [6, 6.07) is 53.8. The van der Waals surface area contributed by atoms with Crippen molar-refractivity contribution in [3.05, 3.63) is 240 Å². The van der Waals surface area contributed by atoms with Crippen molar-refractivity contribution in [1.82, 2.24) is 0 Å². The maximum absolute atomic E-state index is 14.7. The maximum atomic E-state index is 14.7. The van der Waals surface area contributed by atoms with Gasteiger partial charge in [0.05, 0.1) is 49.3 Å². The van der Waals surface area contributed by atoms with Crippen LogP contribution in [0, 0.1) is 48.8 Å². The summed E-state index contributed by atoms with van der Waals surface area (Å²) >= 11 is 0. The number of aliphatic hydroxyl groups is 3. The second-order valence-corrected chi connectivity index (χ2v) is 23.6. The lowest BCUT2D eigenvalue weighted by Gasteiger charge is -2.32. The van der Waals surface area contributed by atoms with Gasteiger partial charge in [-0.15, -0.1) is 0 Å². The first-order valence-electron chi connectivity index (χ1n) is 30.2. The van der Waals surface area contributed by atoms with E-state index in [0.29, 0.717) is 47.4 Å². The van der Waals surface area contributed by atoms with Crippen LogP contribution in [0.15, 0.2) is 194 Å². The fourth-order valence-corrected chi connectivity index (χ4v) is 10.8. The van der Waals surface area contributed by atoms with Crippen molar-refractivity contribution >= 4 is 50.3 Å². The van der Waals surface area contributed by atoms with E-state index in [4.69, 9.17) is 37.2 Å². The van der Waals surface area contributed by atoms with Crippen molar-refractivity contribution in [1.29, 1.82) is 0 Å². The number of benzene rings is 9. The highest BCUT2D eigenvalue weighted by atomic mass is 19.1. The Balaban J connectivity index is 0.000000135. The number of rotatable bonds is 12. The van der Waals surface area contributed by atoms with Gasteiger partial charge in [0.25, 0.3) is 0 Å². The van der Waals surface area contributed by atoms with Crippen LogP contribution in [-0.4, -0.2) is 99.2 Å². The minimum Gasteiger partial charge on any atom is -0.519 e. The Kier molecular flexibility index (Phi) is 21.4. The van der Waals surface area contributed by atoms with Crippen molar-refractivity contribution in [2.45, 2.75) is 90.5 Å². The van der Waals surface area contributed by atoms with Crippen LogP contribution in [0.4, 0.5) is 26.3 Å². The average molecular weight is 1250 g/mol. The molecule has 4 atom stereocenters. The Labute approximate surface area is 533 Å². The largest absolute Gasteiger partial charge is 0.633 e. The van der Waals surface area contributed by atoms with Crippen LogP contribution in [0.2, 0.25) is 0 Å². The molecule has 9 aromatic carbocycles. The predicted molar refractivity (Wildman–Crippen MR) is 347 cm³/mol. The molecule has 0 aliphatic carbocycles. The second kappa shape index (κ2) is 29.3. The summed E-state index contributed by atoms with van der Waals surface area (Å²) in [5, 5.41) is 29.2. The van der Waals surface area contributed by atoms with E-state index in [1.807, 2.05) is 114 Å². The molecule has 0 amide bonds. The van der Waals surface area contributed by atoms with E-state index in [1.165, 1.54) is 72.8 Å². The minimum atomic E-state index is -1.27. The lowest BCUT2D eigenvalue weighted by atomic mass is 9.75. The summed E-state index contributed by atoms with van der Waals surface area (Å²) in [5.74, 6) is -0.758. The zero-order valence-corrected chi connectivity index (χ0v) is 51.8. The summed E-state index contributed by atoms with van der Waals surface area (Å²) < 4.78 is 128. The van der Waals surface area contributed by atoms with E-state index in [-0.39, 0.29) is 30.0 Å². The normalized spacial score (nSPS) is 17.5. The van der Waals surface area contributed by atoms with Gasteiger partial charge in [0.1, 0.15) is 52.5 Å². The molecule has 3 saturated heterocycles. The van der Waals surface area contributed by atoms with E-state index in [2.05, 4.69) is 0 Å². The van der Waals surface area contributed by atoms with Crippen LogP contribution in [0.3, 0.4) is 0 Å². The molecule has 0 saturated carbocycles. The first-order valence-corrected chi connectivity index (χ1v) is 30.2. The highest BCUT2D eigenvalue weighted by Crippen LogP contribution is 2.38. The van der Waals surface area contributed by atoms with Gasteiger partial charge >= 0.3 is 28.5 Å². The standard InChI is InChI=1S/C19H21BF2O5.C19H14BFO2.C18H19BF2O2.C15H14BFO2/c1-2-16(24)18-19(17(25)10-23)27-20(26-18)14-7-6-12(9-15(14)22)11-4-3-5-13(21)8-11;1-13-11-15(14-5-4-6-16(21)12-14)9-10-17(13)20-22-18-7-2-3-8-19(18)23-20;1-17(2)18(3,4)23-19(22-17)15-9-8-13(11-16(15)21)12-6-5-7-14(20)10-12;1-11-9-13(12-3-2-4-14(17)10-12)5-6-15(11)16-18-7-8-19-16/h3-9,16-19,23-25H,2,10H2,1H3;2-12H,1H3;5-11H,1-4H3;2-6,9-10H,7-8H2,1H3. The van der Waals surface area contributed by atoms with E-state index in [9.17, 15) is 41.7 Å². The summed E-state index contributed by atoms with van der Waals surface area (Å²) in [4.78, 5) is 0. The monoisotopic (exact) mass is 1250 g/mol. The van der Waals surface area contributed by atoms with Crippen molar-refractivity contribution < 1.29 is 78.9 Å². The molecule has 472 valence electrons. The third-order valence-electron chi connectivity index (χ3n) is 16.6. The van der Waals surface area contributed by atoms with E-state index >= 15 is 0 Å². The zero-order valence-electron chi connectivity index (χ0n) is 51.8. The van der Waals surface area contributed by atoms with Crippen molar-refractivity contribution in [3.8, 4) is 56.0 Å². The van der Waals surface area contributed by atoms with E-state index in [1.54, 1.807) is 55.5 Å². The number of hydrogen-bond acceptors (Lipinski definition) is 11. The van der Waals surface area contributed by atoms with Gasteiger partial charge in [-0.2, -0.15) is 0 Å². The third kappa shape index (κ3) is 15.7. The van der Waals surface area contributed by atoms with E-state index < -0.39 is 81.0 Å². The molecule has 0 bridgehead atoms. The van der Waals surface area contributed by atoms with Gasteiger partial charge in [-0.1, -0.05) is 134 Å². The molecule has 13 rings (SSSR count). The molecule has 0 aromatic heterocycles. The molecule has 21 heteroatoms.